The maximum Gasteiger partial charge on any atom is 0.102 e. The molecule has 0 bridgehead atoms. The molecule has 0 radical (unpaired) electrons. The Balaban J connectivity index is 1.67. The van der Waals surface area contributed by atoms with Gasteiger partial charge in [0.05, 0.1) is 11.3 Å². The molecule has 0 spiro atoms. The Labute approximate surface area is 172 Å². The Morgan fingerprint density at radius 3 is 2.00 bits per heavy atom. The van der Waals surface area contributed by atoms with Crippen molar-refractivity contribution < 1.29 is 0 Å². The van der Waals surface area contributed by atoms with E-state index in [-0.39, 0.29) is 0 Å². The Morgan fingerprint density at radius 1 is 0.828 bits per heavy atom. The topological polar surface area (TPSA) is 27.0 Å². The van der Waals surface area contributed by atoms with E-state index < -0.39 is 0 Å². The van der Waals surface area contributed by atoms with Crippen LogP contribution < -0.4 is 4.90 Å². The molecule has 0 amide bonds. The number of rotatable bonds is 1. The molecule has 1 aliphatic heterocycles. The van der Waals surface area contributed by atoms with Crippen LogP contribution >= 0.6 is 0 Å². The number of benzene rings is 3. The molecule has 1 saturated heterocycles. The molecule has 29 heavy (non-hydrogen) atoms. The van der Waals surface area contributed by atoms with Crippen LogP contribution in [0.2, 0.25) is 0 Å². The first-order chi connectivity index (χ1) is 14.3. The smallest absolute Gasteiger partial charge is 0.102 e. The highest BCUT2D eigenvalue weighted by Crippen LogP contribution is 2.54. The minimum atomic E-state index is 0.778. The zero-order valence-corrected chi connectivity index (χ0v) is 16.8. The SMILES string of the molecule is CC1CCN(c2c(C#N)c3c(c4c2Cc2ccccc2-4)-c2ccccc2C3)CC1. The Kier molecular flexibility index (Phi) is 3.62. The second-order valence-corrected chi connectivity index (χ2v) is 8.88. The lowest BCUT2D eigenvalue weighted by Gasteiger charge is -2.35. The third-order valence-electron chi connectivity index (χ3n) is 7.20. The van der Waals surface area contributed by atoms with Crippen molar-refractivity contribution in [3.8, 4) is 28.3 Å². The normalized spacial score (nSPS) is 16.8. The second kappa shape index (κ2) is 6.22. The molecule has 0 unspecified atom stereocenters. The van der Waals surface area contributed by atoms with Crippen molar-refractivity contribution in [2.45, 2.75) is 32.6 Å². The van der Waals surface area contributed by atoms with Gasteiger partial charge >= 0.3 is 0 Å². The maximum absolute atomic E-state index is 10.3. The van der Waals surface area contributed by atoms with Gasteiger partial charge in [-0.3, -0.25) is 0 Å². The molecule has 3 aromatic carbocycles. The van der Waals surface area contributed by atoms with Gasteiger partial charge in [0.2, 0.25) is 0 Å². The lowest BCUT2D eigenvalue weighted by Crippen LogP contribution is -2.34. The van der Waals surface area contributed by atoms with Crippen LogP contribution in [0.25, 0.3) is 22.3 Å². The molecule has 6 rings (SSSR count). The molecule has 2 heteroatoms. The summed E-state index contributed by atoms with van der Waals surface area (Å²) in [6.07, 6.45) is 4.24. The van der Waals surface area contributed by atoms with Crippen LogP contribution in [-0.4, -0.2) is 13.1 Å². The molecule has 3 aliphatic rings. The van der Waals surface area contributed by atoms with Gasteiger partial charge in [-0.05, 0) is 63.3 Å². The van der Waals surface area contributed by atoms with E-state index in [2.05, 4.69) is 66.4 Å². The van der Waals surface area contributed by atoms with Crippen molar-refractivity contribution in [3.05, 3.63) is 76.3 Å². The number of fused-ring (bicyclic) bond motifs is 7. The molecule has 142 valence electrons. The van der Waals surface area contributed by atoms with E-state index >= 15 is 0 Å². The maximum atomic E-state index is 10.3. The van der Waals surface area contributed by atoms with Gasteiger partial charge in [-0.1, -0.05) is 55.5 Å². The number of piperidine rings is 1. The summed E-state index contributed by atoms with van der Waals surface area (Å²) in [6, 6.07) is 20.2. The van der Waals surface area contributed by atoms with Gasteiger partial charge in [0.25, 0.3) is 0 Å². The highest BCUT2D eigenvalue weighted by atomic mass is 15.1. The van der Waals surface area contributed by atoms with E-state index in [0.717, 1.165) is 37.4 Å². The molecular weight excluding hydrogens is 352 g/mol. The van der Waals surface area contributed by atoms with Crippen molar-refractivity contribution in [2.75, 3.05) is 18.0 Å². The van der Waals surface area contributed by atoms with E-state index in [0.29, 0.717) is 0 Å². The van der Waals surface area contributed by atoms with E-state index in [4.69, 9.17) is 0 Å². The van der Waals surface area contributed by atoms with Gasteiger partial charge < -0.3 is 4.90 Å². The lowest BCUT2D eigenvalue weighted by molar-refractivity contribution is 0.438. The molecule has 0 aromatic heterocycles. The largest absolute Gasteiger partial charge is 0.370 e. The molecule has 1 fully saturated rings. The van der Waals surface area contributed by atoms with Crippen LogP contribution in [0.5, 0.6) is 0 Å². The first kappa shape index (κ1) is 16.9. The first-order valence-corrected chi connectivity index (χ1v) is 10.8. The van der Waals surface area contributed by atoms with Crippen LogP contribution in [-0.2, 0) is 12.8 Å². The number of nitrogens with zero attached hydrogens (tertiary/aromatic N) is 2. The molecule has 1 heterocycles. The zero-order valence-electron chi connectivity index (χ0n) is 16.8. The van der Waals surface area contributed by atoms with Crippen molar-refractivity contribution >= 4 is 5.69 Å². The molecule has 0 N–H and O–H groups in total. The molecule has 0 saturated carbocycles. The first-order valence-electron chi connectivity index (χ1n) is 10.8. The van der Waals surface area contributed by atoms with Crippen molar-refractivity contribution in [3.63, 3.8) is 0 Å². The summed E-state index contributed by atoms with van der Waals surface area (Å²) < 4.78 is 0. The third-order valence-corrected chi connectivity index (χ3v) is 7.20. The summed E-state index contributed by atoms with van der Waals surface area (Å²) in [6.45, 7) is 4.47. The minimum Gasteiger partial charge on any atom is -0.370 e. The molecule has 2 nitrogen and oxygen atoms in total. The fourth-order valence-electron chi connectivity index (χ4n) is 5.70. The standard InChI is InChI=1S/C27H24N2/c1-17-10-12-29(13-11-17)27-23-15-19-7-3-5-9-21(19)26(23)25-20-8-4-2-6-18(20)14-22(25)24(27)16-28/h2-9,17H,10-15H2,1H3. The molecule has 0 atom stereocenters. The van der Waals surface area contributed by atoms with Gasteiger partial charge in [0.1, 0.15) is 6.07 Å². The third kappa shape index (κ3) is 2.34. The molecule has 2 aliphatic carbocycles. The van der Waals surface area contributed by atoms with E-state index in [1.807, 2.05) is 0 Å². The molecular formula is C27H24N2. The fraction of sp³-hybridized carbons (Fsp3) is 0.296. The fourth-order valence-corrected chi connectivity index (χ4v) is 5.70. The Hall–Kier alpha value is -3.05. The van der Waals surface area contributed by atoms with Gasteiger partial charge in [-0.2, -0.15) is 5.26 Å². The second-order valence-electron chi connectivity index (χ2n) is 8.88. The van der Waals surface area contributed by atoms with Crippen LogP contribution in [0.1, 0.15) is 47.6 Å². The number of hydrogen-bond donors (Lipinski definition) is 0. The predicted molar refractivity (Wildman–Crippen MR) is 118 cm³/mol. The Morgan fingerprint density at radius 2 is 1.38 bits per heavy atom. The summed E-state index contributed by atoms with van der Waals surface area (Å²) in [4.78, 5) is 2.52. The summed E-state index contributed by atoms with van der Waals surface area (Å²) in [5.74, 6) is 0.778. The summed E-state index contributed by atoms with van der Waals surface area (Å²) in [5.41, 5.74) is 13.0. The highest BCUT2D eigenvalue weighted by Gasteiger charge is 2.36. The monoisotopic (exact) mass is 376 g/mol. The van der Waals surface area contributed by atoms with Crippen LogP contribution in [0.3, 0.4) is 0 Å². The van der Waals surface area contributed by atoms with Gasteiger partial charge in [0, 0.05) is 25.9 Å². The van der Waals surface area contributed by atoms with Crippen molar-refractivity contribution in [2.24, 2.45) is 5.92 Å². The lowest BCUT2D eigenvalue weighted by atomic mass is 9.88. The van der Waals surface area contributed by atoms with Crippen LogP contribution in [0, 0.1) is 17.2 Å². The number of anilines is 1. The van der Waals surface area contributed by atoms with Crippen molar-refractivity contribution in [1.82, 2.24) is 0 Å². The average Bonchev–Trinajstić information content (AvgIpc) is 3.31. The zero-order chi connectivity index (χ0) is 19.5. The van der Waals surface area contributed by atoms with Gasteiger partial charge in [0.15, 0.2) is 0 Å². The van der Waals surface area contributed by atoms with Gasteiger partial charge in [-0.15, -0.1) is 0 Å². The Bertz CT molecular complexity index is 1190. The minimum absolute atomic E-state index is 0.778. The quantitative estimate of drug-likeness (QED) is 0.362. The molecule has 3 aromatic rings. The van der Waals surface area contributed by atoms with E-state index in [1.165, 1.54) is 63.0 Å². The summed E-state index contributed by atoms with van der Waals surface area (Å²) >= 11 is 0. The number of hydrogen-bond acceptors (Lipinski definition) is 2. The van der Waals surface area contributed by atoms with Gasteiger partial charge in [-0.25, -0.2) is 0 Å². The average molecular weight is 377 g/mol. The van der Waals surface area contributed by atoms with E-state index in [9.17, 15) is 5.26 Å². The predicted octanol–water partition coefficient (Wildman–Crippen LogP) is 5.94. The highest BCUT2D eigenvalue weighted by molar-refractivity contribution is 6.00. The number of nitriles is 1. The van der Waals surface area contributed by atoms with Crippen molar-refractivity contribution in [1.29, 1.82) is 5.26 Å². The summed E-state index contributed by atoms with van der Waals surface area (Å²) in [5, 5.41) is 10.3. The van der Waals surface area contributed by atoms with Crippen LogP contribution in [0.15, 0.2) is 48.5 Å². The van der Waals surface area contributed by atoms with Crippen LogP contribution in [0.4, 0.5) is 5.69 Å². The summed E-state index contributed by atoms with van der Waals surface area (Å²) in [7, 11) is 0. The van der Waals surface area contributed by atoms with E-state index in [1.54, 1.807) is 0 Å².